The average molecular weight is 392 g/mol. The number of ether oxygens (including phenoxy) is 1. The summed E-state index contributed by atoms with van der Waals surface area (Å²) in [5.74, 6) is -14.0. The summed E-state index contributed by atoms with van der Waals surface area (Å²) in [6.07, 6.45) is -20.3. The molecule has 0 amide bonds. The Morgan fingerprint density at radius 1 is 0.720 bits per heavy atom. The quantitative estimate of drug-likeness (QED) is 0.468. The number of halogens is 12. The minimum Gasteiger partial charge on any atom is -0.451 e. The molecule has 0 unspecified atom stereocenters. The highest BCUT2D eigenvalue weighted by Gasteiger charge is 2.68. The maximum atomic E-state index is 13.3. The molecule has 1 aromatic rings. The maximum absolute atomic E-state index is 13.3. The van der Waals surface area contributed by atoms with E-state index in [9.17, 15) is 52.7 Å². The van der Waals surface area contributed by atoms with Crippen LogP contribution in [0.15, 0.2) is 35.6 Å². The number of allylic oxidation sites excluding steroid dienone is 2. The number of rotatable bonds is 3. The van der Waals surface area contributed by atoms with Gasteiger partial charge in [0.2, 0.25) is 5.76 Å². The molecule has 0 fully saturated rings. The summed E-state index contributed by atoms with van der Waals surface area (Å²) in [6.45, 7) is 0. The number of hydrogen-bond acceptors (Lipinski definition) is 1. The van der Waals surface area contributed by atoms with Gasteiger partial charge >= 0.3 is 24.5 Å². The van der Waals surface area contributed by atoms with E-state index in [-0.39, 0.29) is 6.07 Å². The molecule has 0 radical (unpaired) electrons. The minimum atomic E-state index is -6.88. The summed E-state index contributed by atoms with van der Waals surface area (Å²) >= 11 is 0. The fraction of sp³-hybridized carbons (Fsp3) is 0.333. The third kappa shape index (κ3) is 4.51. The lowest BCUT2D eigenvalue weighted by Crippen LogP contribution is -2.44. The molecule has 25 heavy (non-hydrogen) atoms. The lowest BCUT2D eigenvalue weighted by molar-refractivity contribution is -0.277. The number of para-hydroxylation sites is 1. The van der Waals surface area contributed by atoms with Crippen molar-refractivity contribution in [2.24, 2.45) is 0 Å². The lowest BCUT2D eigenvalue weighted by atomic mass is 10.1. The second-order valence-electron chi connectivity index (χ2n) is 4.30. The molecule has 1 rings (SSSR count). The molecule has 0 saturated carbocycles. The van der Waals surface area contributed by atoms with Gasteiger partial charge in [-0.15, -0.1) is 0 Å². The van der Waals surface area contributed by atoms with E-state index < -0.39 is 47.4 Å². The molecule has 142 valence electrons. The molecule has 0 aliphatic carbocycles. The van der Waals surface area contributed by atoms with Gasteiger partial charge in [-0.1, -0.05) is 12.1 Å². The summed E-state index contributed by atoms with van der Waals surface area (Å²) in [5.41, 5.74) is -4.24. The van der Waals surface area contributed by atoms with Crippen LogP contribution in [0.1, 0.15) is 0 Å². The zero-order chi connectivity index (χ0) is 19.8. The van der Waals surface area contributed by atoms with Crippen LogP contribution in [0.25, 0.3) is 0 Å². The first-order valence-corrected chi connectivity index (χ1v) is 5.75. The predicted molar refractivity (Wildman–Crippen MR) is 57.2 cm³/mol. The molecule has 0 aliphatic heterocycles. The predicted octanol–water partition coefficient (Wildman–Crippen LogP) is 5.78. The molecule has 0 aliphatic rings. The minimum absolute atomic E-state index is 0.270. The largest absolute Gasteiger partial charge is 0.461 e. The molecular weight excluding hydrogens is 388 g/mol. The van der Waals surface area contributed by atoms with E-state index in [2.05, 4.69) is 4.74 Å². The molecule has 0 N–H and O–H groups in total. The van der Waals surface area contributed by atoms with Crippen molar-refractivity contribution in [2.75, 3.05) is 0 Å². The fourth-order valence-corrected chi connectivity index (χ4v) is 1.46. The Morgan fingerprint density at radius 3 is 1.52 bits per heavy atom. The average Bonchev–Trinajstić information content (AvgIpc) is 2.35. The number of benzene rings is 1. The molecule has 0 heterocycles. The van der Waals surface area contributed by atoms with Crippen molar-refractivity contribution in [3.8, 4) is 5.75 Å². The van der Waals surface area contributed by atoms with Gasteiger partial charge in [0, 0.05) is 0 Å². The normalized spacial score (nSPS) is 13.6. The third-order valence-corrected chi connectivity index (χ3v) is 2.48. The molecule has 1 nitrogen and oxygen atoms in total. The first-order chi connectivity index (χ1) is 11.0. The van der Waals surface area contributed by atoms with Crippen LogP contribution in [0, 0.1) is 5.82 Å². The Kier molecular flexibility index (Phi) is 5.31. The molecule has 0 atom stereocenters. The molecular formula is C12H4F12O. The van der Waals surface area contributed by atoms with E-state index in [1.807, 2.05) is 0 Å². The van der Waals surface area contributed by atoms with E-state index in [1.165, 1.54) is 0 Å². The van der Waals surface area contributed by atoms with Crippen LogP contribution in [0.2, 0.25) is 0 Å². The second kappa shape index (κ2) is 6.33. The molecule has 0 saturated heterocycles. The van der Waals surface area contributed by atoms with E-state index in [4.69, 9.17) is 0 Å². The summed E-state index contributed by atoms with van der Waals surface area (Å²) < 4.78 is 155. The zero-order valence-corrected chi connectivity index (χ0v) is 11.3. The topological polar surface area (TPSA) is 9.23 Å². The Bertz CT molecular complexity index is 633. The van der Waals surface area contributed by atoms with Gasteiger partial charge in [0.15, 0.2) is 17.1 Å². The van der Waals surface area contributed by atoms with Crippen LogP contribution in [-0.4, -0.2) is 24.5 Å². The Labute approximate surface area is 130 Å². The van der Waals surface area contributed by atoms with Crippen LogP contribution >= 0.6 is 0 Å². The SMILES string of the molecule is Fc1ccccc1OC(=C(C(F)(F)F)C(F)(F)F)C(F)(F)C(F)(F)F. The van der Waals surface area contributed by atoms with E-state index >= 15 is 0 Å². The van der Waals surface area contributed by atoms with Crippen molar-refractivity contribution in [1.29, 1.82) is 0 Å². The van der Waals surface area contributed by atoms with Gasteiger partial charge in [0.05, 0.1) is 0 Å². The van der Waals surface area contributed by atoms with Gasteiger partial charge < -0.3 is 4.74 Å². The first kappa shape index (κ1) is 21.0. The highest BCUT2D eigenvalue weighted by atomic mass is 19.4. The Morgan fingerprint density at radius 2 is 1.16 bits per heavy atom. The van der Waals surface area contributed by atoms with Crippen LogP contribution in [-0.2, 0) is 0 Å². The van der Waals surface area contributed by atoms with E-state index in [0.29, 0.717) is 6.07 Å². The number of alkyl halides is 11. The zero-order valence-electron chi connectivity index (χ0n) is 11.3. The van der Waals surface area contributed by atoms with Gasteiger partial charge in [0.25, 0.3) is 0 Å². The highest BCUT2D eigenvalue weighted by Crippen LogP contribution is 2.49. The van der Waals surface area contributed by atoms with Gasteiger partial charge in [-0.25, -0.2) is 4.39 Å². The molecule has 1 aromatic carbocycles. The summed E-state index contributed by atoms with van der Waals surface area (Å²) in [4.78, 5) is 0. The van der Waals surface area contributed by atoms with Gasteiger partial charge in [0.1, 0.15) is 0 Å². The van der Waals surface area contributed by atoms with Crippen LogP contribution in [0.4, 0.5) is 52.7 Å². The van der Waals surface area contributed by atoms with E-state index in [0.717, 1.165) is 12.1 Å². The molecule has 0 spiro atoms. The van der Waals surface area contributed by atoms with Crippen molar-refractivity contribution < 1.29 is 57.4 Å². The Balaban J connectivity index is 3.80. The fourth-order valence-electron chi connectivity index (χ4n) is 1.46. The van der Waals surface area contributed by atoms with Crippen molar-refractivity contribution in [3.63, 3.8) is 0 Å². The van der Waals surface area contributed by atoms with Crippen LogP contribution in [0.5, 0.6) is 5.75 Å². The van der Waals surface area contributed by atoms with Crippen molar-refractivity contribution in [2.45, 2.75) is 24.5 Å². The Hall–Kier alpha value is -2.08. The monoisotopic (exact) mass is 392 g/mol. The molecule has 0 bridgehead atoms. The van der Waals surface area contributed by atoms with Gasteiger partial charge in [-0.05, 0) is 12.1 Å². The molecule has 0 aromatic heterocycles. The smallest absolute Gasteiger partial charge is 0.451 e. The highest BCUT2D eigenvalue weighted by molar-refractivity contribution is 5.33. The van der Waals surface area contributed by atoms with Crippen LogP contribution in [0.3, 0.4) is 0 Å². The van der Waals surface area contributed by atoms with E-state index in [1.54, 1.807) is 0 Å². The lowest BCUT2D eigenvalue weighted by Gasteiger charge is -2.27. The third-order valence-electron chi connectivity index (χ3n) is 2.48. The first-order valence-electron chi connectivity index (χ1n) is 5.75. The standard InChI is InChI=1S/C12H4F12O/c13-5-3-1-2-4-6(5)25-8(9(14,15)12(22,23)24)7(10(16,17)18)11(19,20)21/h1-4H. The van der Waals surface area contributed by atoms with Gasteiger partial charge in [-0.3, -0.25) is 0 Å². The van der Waals surface area contributed by atoms with Crippen molar-refractivity contribution in [1.82, 2.24) is 0 Å². The maximum Gasteiger partial charge on any atom is 0.461 e. The van der Waals surface area contributed by atoms with Gasteiger partial charge in [-0.2, -0.15) is 48.3 Å². The summed E-state index contributed by atoms with van der Waals surface area (Å²) in [5, 5.41) is 0. The van der Waals surface area contributed by atoms with Crippen molar-refractivity contribution >= 4 is 0 Å². The second-order valence-corrected chi connectivity index (χ2v) is 4.30. The van der Waals surface area contributed by atoms with Crippen LogP contribution < -0.4 is 4.74 Å². The number of hydrogen-bond donors (Lipinski definition) is 0. The van der Waals surface area contributed by atoms with Crippen molar-refractivity contribution in [3.05, 3.63) is 41.4 Å². The summed E-state index contributed by atoms with van der Waals surface area (Å²) in [6, 6.07) is 2.19. The molecule has 13 heteroatoms. The summed E-state index contributed by atoms with van der Waals surface area (Å²) in [7, 11) is 0.